The van der Waals surface area contributed by atoms with E-state index in [1.165, 1.54) is 4.88 Å². The summed E-state index contributed by atoms with van der Waals surface area (Å²) in [4.78, 5) is 20.6. The predicted octanol–water partition coefficient (Wildman–Crippen LogP) is 5.47. The van der Waals surface area contributed by atoms with Gasteiger partial charge in [0.25, 0.3) is 0 Å². The fourth-order valence-electron chi connectivity index (χ4n) is 3.82. The minimum absolute atomic E-state index is 0.0175. The Hall–Kier alpha value is -2.29. The van der Waals surface area contributed by atoms with Crippen LogP contribution in [0.2, 0.25) is 0 Å². The molecule has 0 bridgehead atoms. The fourth-order valence-corrected chi connectivity index (χ4v) is 5.75. The number of anilines is 1. The zero-order chi connectivity index (χ0) is 21.8. The van der Waals surface area contributed by atoms with Crippen LogP contribution in [0.4, 0.5) is 5.69 Å². The summed E-state index contributed by atoms with van der Waals surface area (Å²) in [5, 5.41) is 9.19. The Morgan fingerprint density at radius 2 is 2.10 bits per heavy atom. The Balaban J connectivity index is 1.52. The smallest absolute Gasteiger partial charge is 0.226 e. The first kappa shape index (κ1) is 21.9. The number of thiocarbonyl (C=S) groups is 1. The number of benzene rings is 1. The van der Waals surface area contributed by atoms with E-state index >= 15 is 0 Å². The van der Waals surface area contributed by atoms with Crippen molar-refractivity contribution in [1.29, 1.82) is 0 Å². The molecule has 31 heavy (non-hydrogen) atoms. The van der Waals surface area contributed by atoms with Gasteiger partial charge in [0.05, 0.1) is 17.8 Å². The highest BCUT2D eigenvalue weighted by Crippen LogP contribution is 2.41. The van der Waals surface area contributed by atoms with Crippen LogP contribution >= 0.6 is 39.5 Å². The van der Waals surface area contributed by atoms with E-state index in [1.807, 2.05) is 42.5 Å². The highest BCUT2D eigenvalue weighted by atomic mass is 79.9. The van der Waals surface area contributed by atoms with Gasteiger partial charge in [-0.05, 0) is 64.4 Å². The first-order valence-electron chi connectivity index (χ1n) is 10.2. The van der Waals surface area contributed by atoms with Gasteiger partial charge in [-0.25, -0.2) is 0 Å². The molecule has 4 rings (SSSR count). The quantitative estimate of drug-likeness (QED) is 0.409. The van der Waals surface area contributed by atoms with E-state index in [0.29, 0.717) is 18.1 Å². The van der Waals surface area contributed by atoms with Crippen LogP contribution < -0.4 is 10.6 Å². The zero-order valence-electron chi connectivity index (χ0n) is 17.0. The average Bonchev–Trinajstić information content (AvgIpc) is 3.35. The number of para-hydroxylation sites is 1. The normalized spacial score (nSPS) is 18.1. The number of aryl methyl sites for hydroxylation is 1. The second-order valence-corrected chi connectivity index (χ2v) is 9.54. The molecule has 8 heteroatoms. The van der Waals surface area contributed by atoms with Crippen LogP contribution in [0.1, 0.15) is 41.6 Å². The number of aromatic nitrogens is 1. The van der Waals surface area contributed by atoms with Crippen molar-refractivity contribution in [2.75, 3.05) is 11.9 Å². The molecule has 1 fully saturated rings. The van der Waals surface area contributed by atoms with Crippen molar-refractivity contribution in [2.24, 2.45) is 0 Å². The number of hydrogen-bond acceptors (Lipinski definition) is 4. The van der Waals surface area contributed by atoms with Gasteiger partial charge in [0.15, 0.2) is 5.11 Å². The van der Waals surface area contributed by atoms with Crippen LogP contribution in [-0.2, 0) is 11.2 Å². The average molecular weight is 516 g/mol. The van der Waals surface area contributed by atoms with Crippen molar-refractivity contribution in [1.82, 2.24) is 15.2 Å². The molecule has 1 aromatic carbocycles. The lowest BCUT2D eigenvalue weighted by Gasteiger charge is -2.26. The summed E-state index contributed by atoms with van der Waals surface area (Å²) in [7, 11) is 0. The molecule has 5 nitrogen and oxygen atoms in total. The standard InChI is InChI=1S/C23H23BrN4OS2/c1-2-15-7-3-4-8-17(15)26-20(29)10-12-28-22(19-13-16(24)14-31-19)21(27-23(28)30)18-9-5-6-11-25-18/h3-9,11,13-14,21-22H,2,10,12H2,1H3,(H,26,29)(H,27,30)/t21-,22-/m0/s1. The van der Waals surface area contributed by atoms with Gasteiger partial charge in [-0.15, -0.1) is 11.3 Å². The summed E-state index contributed by atoms with van der Waals surface area (Å²) in [5.41, 5.74) is 2.94. The molecule has 1 amide bonds. The molecule has 0 radical (unpaired) electrons. The summed E-state index contributed by atoms with van der Waals surface area (Å²) in [6.45, 7) is 2.61. The molecule has 0 saturated carbocycles. The minimum Gasteiger partial charge on any atom is -0.352 e. The fraction of sp³-hybridized carbons (Fsp3) is 0.261. The van der Waals surface area contributed by atoms with Gasteiger partial charge in [-0.2, -0.15) is 0 Å². The maximum absolute atomic E-state index is 12.7. The number of carbonyl (C=O) groups excluding carboxylic acids is 1. The number of amides is 1. The number of pyridine rings is 1. The van der Waals surface area contributed by atoms with Crippen LogP contribution in [-0.4, -0.2) is 27.4 Å². The van der Waals surface area contributed by atoms with Crippen LogP contribution in [0, 0.1) is 0 Å². The molecule has 1 aliphatic heterocycles. The lowest BCUT2D eigenvalue weighted by atomic mass is 10.0. The molecule has 2 atom stereocenters. The molecular weight excluding hydrogens is 492 g/mol. The minimum atomic E-state index is -0.0665. The van der Waals surface area contributed by atoms with Crippen LogP contribution in [0.3, 0.4) is 0 Å². The predicted molar refractivity (Wildman–Crippen MR) is 133 cm³/mol. The number of rotatable bonds is 7. The van der Waals surface area contributed by atoms with E-state index in [0.717, 1.165) is 27.8 Å². The Morgan fingerprint density at radius 3 is 2.81 bits per heavy atom. The van der Waals surface area contributed by atoms with E-state index in [-0.39, 0.29) is 18.0 Å². The SMILES string of the molecule is CCc1ccccc1NC(=O)CCN1C(=S)N[C@@H](c2ccccn2)[C@@H]1c1cc(Br)cs1. The lowest BCUT2D eigenvalue weighted by Crippen LogP contribution is -2.32. The molecule has 3 heterocycles. The van der Waals surface area contributed by atoms with Crippen molar-refractivity contribution < 1.29 is 4.79 Å². The highest BCUT2D eigenvalue weighted by molar-refractivity contribution is 9.10. The number of nitrogens with one attached hydrogen (secondary N) is 2. The van der Waals surface area contributed by atoms with E-state index in [4.69, 9.17) is 12.2 Å². The number of halogens is 1. The van der Waals surface area contributed by atoms with E-state index in [1.54, 1.807) is 17.5 Å². The molecule has 2 N–H and O–H groups in total. The second kappa shape index (κ2) is 9.89. The van der Waals surface area contributed by atoms with Gasteiger partial charge < -0.3 is 15.5 Å². The van der Waals surface area contributed by atoms with Crippen LogP contribution in [0.5, 0.6) is 0 Å². The molecule has 2 aromatic heterocycles. The summed E-state index contributed by atoms with van der Waals surface area (Å²) < 4.78 is 1.04. The van der Waals surface area contributed by atoms with Crippen LogP contribution in [0.25, 0.3) is 0 Å². The van der Waals surface area contributed by atoms with Gasteiger partial charge in [0.2, 0.25) is 5.91 Å². The Bertz CT molecular complexity index is 1070. The zero-order valence-corrected chi connectivity index (χ0v) is 20.3. The van der Waals surface area contributed by atoms with E-state index in [2.05, 4.69) is 54.8 Å². The highest BCUT2D eigenvalue weighted by Gasteiger charge is 2.40. The summed E-state index contributed by atoms with van der Waals surface area (Å²) in [5.74, 6) is -0.0175. The summed E-state index contributed by atoms with van der Waals surface area (Å²) >= 11 is 10.9. The largest absolute Gasteiger partial charge is 0.352 e. The Morgan fingerprint density at radius 1 is 1.29 bits per heavy atom. The number of hydrogen-bond donors (Lipinski definition) is 2. The van der Waals surface area contributed by atoms with Crippen LogP contribution in [0.15, 0.2) is 64.6 Å². The molecule has 0 unspecified atom stereocenters. The monoisotopic (exact) mass is 514 g/mol. The molecule has 3 aromatic rings. The molecule has 160 valence electrons. The van der Waals surface area contributed by atoms with Gasteiger partial charge in [-0.3, -0.25) is 9.78 Å². The summed E-state index contributed by atoms with van der Waals surface area (Å²) in [6.07, 6.45) is 3.01. The van der Waals surface area contributed by atoms with Crippen molar-refractivity contribution >= 4 is 56.2 Å². The number of thiophene rings is 1. The maximum atomic E-state index is 12.7. The van der Waals surface area contributed by atoms with Crippen molar-refractivity contribution in [3.05, 3.63) is 80.7 Å². The Kier molecular flexibility index (Phi) is 6.99. The first-order valence-corrected chi connectivity index (χ1v) is 12.2. The number of carbonyl (C=O) groups is 1. The second-order valence-electron chi connectivity index (χ2n) is 7.30. The van der Waals surface area contributed by atoms with Gasteiger partial charge in [0.1, 0.15) is 0 Å². The van der Waals surface area contributed by atoms with Gasteiger partial charge >= 0.3 is 0 Å². The summed E-state index contributed by atoms with van der Waals surface area (Å²) in [6, 6.07) is 15.8. The van der Waals surface area contributed by atoms with Crippen molar-refractivity contribution in [3.63, 3.8) is 0 Å². The van der Waals surface area contributed by atoms with Crippen molar-refractivity contribution in [3.8, 4) is 0 Å². The van der Waals surface area contributed by atoms with E-state index in [9.17, 15) is 4.79 Å². The maximum Gasteiger partial charge on any atom is 0.226 e. The molecular formula is C23H23BrN4OS2. The number of nitrogens with zero attached hydrogens (tertiary/aromatic N) is 2. The molecule has 0 spiro atoms. The Labute approximate surface area is 200 Å². The molecule has 1 saturated heterocycles. The molecule has 1 aliphatic rings. The molecule has 0 aliphatic carbocycles. The van der Waals surface area contributed by atoms with E-state index < -0.39 is 0 Å². The lowest BCUT2D eigenvalue weighted by molar-refractivity contribution is -0.116. The third-order valence-electron chi connectivity index (χ3n) is 5.33. The first-order chi connectivity index (χ1) is 15.1. The third kappa shape index (κ3) is 4.97. The third-order valence-corrected chi connectivity index (χ3v) is 7.45. The topological polar surface area (TPSA) is 57.3 Å². The van der Waals surface area contributed by atoms with Gasteiger partial charge in [0, 0.05) is 39.6 Å². The van der Waals surface area contributed by atoms with Crippen molar-refractivity contribution in [2.45, 2.75) is 31.8 Å². The van der Waals surface area contributed by atoms with Gasteiger partial charge in [-0.1, -0.05) is 31.2 Å².